The number of thioether (sulfide) groups is 1. The fourth-order valence-corrected chi connectivity index (χ4v) is 4.24. The summed E-state index contributed by atoms with van der Waals surface area (Å²) in [5.41, 5.74) is 3.19. The van der Waals surface area contributed by atoms with Gasteiger partial charge in [0.15, 0.2) is 0 Å². The molecule has 4 nitrogen and oxygen atoms in total. The van der Waals surface area contributed by atoms with Gasteiger partial charge in [0.2, 0.25) is 0 Å². The minimum atomic E-state index is -6.00. The van der Waals surface area contributed by atoms with Gasteiger partial charge in [0.25, 0.3) is 5.84 Å². The zero-order valence-corrected chi connectivity index (χ0v) is 21.3. The Morgan fingerprint density at radius 2 is 1.22 bits per heavy atom. The molecular formula is C27H28BF4N3OS. The highest BCUT2D eigenvalue weighted by Crippen LogP contribution is 2.17. The molecule has 0 aliphatic carbocycles. The van der Waals surface area contributed by atoms with Crippen molar-refractivity contribution in [3.05, 3.63) is 108 Å². The summed E-state index contributed by atoms with van der Waals surface area (Å²) in [6, 6.07) is 30.9. The van der Waals surface area contributed by atoms with Crippen molar-refractivity contribution in [3.63, 3.8) is 0 Å². The highest BCUT2D eigenvalue weighted by Gasteiger charge is 2.23. The van der Waals surface area contributed by atoms with Gasteiger partial charge in [0.1, 0.15) is 18.1 Å². The molecule has 37 heavy (non-hydrogen) atoms. The Balaban J connectivity index is 0.000000695. The van der Waals surface area contributed by atoms with Crippen LogP contribution in [0.3, 0.4) is 0 Å². The Morgan fingerprint density at radius 3 is 1.70 bits per heavy atom. The van der Waals surface area contributed by atoms with E-state index < -0.39 is 7.25 Å². The molecule has 0 aromatic heterocycles. The van der Waals surface area contributed by atoms with Crippen molar-refractivity contribution in [1.82, 2.24) is 0 Å². The summed E-state index contributed by atoms with van der Waals surface area (Å²) < 4.78 is 46.9. The number of hydrogen-bond acceptors (Lipinski definition) is 2. The maximum atomic E-state index is 9.75. The van der Waals surface area contributed by atoms with E-state index in [0.29, 0.717) is 13.2 Å². The predicted octanol–water partition coefficient (Wildman–Crippen LogP) is 6.42. The second-order valence-corrected chi connectivity index (χ2v) is 9.05. The van der Waals surface area contributed by atoms with Crippen LogP contribution in [0.15, 0.2) is 101 Å². The number of ether oxygens (including phenoxy) is 1. The largest absolute Gasteiger partial charge is 0.673 e. The van der Waals surface area contributed by atoms with Crippen LogP contribution in [-0.2, 0) is 4.74 Å². The summed E-state index contributed by atoms with van der Waals surface area (Å²) in [6.45, 7) is 5.19. The molecule has 0 amide bonds. The first-order chi connectivity index (χ1) is 17.8. The van der Waals surface area contributed by atoms with E-state index in [9.17, 15) is 17.3 Å². The minimum Gasteiger partial charge on any atom is -0.418 e. The maximum absolute atomic E-state index is 9.75. The minimum absolute atomic E-state index is 0.705. The van der Waals surface area contributed by atoms with Crippen molar-refractivity contribution in [2.45, 2.75) is 6.92 Å². The molecule has 1 heterocycles. The van der Waals surface area contributed by atoms with Crippen LogP contribution in [0.5, 0.6) is 0 Å². The van der Waals surface area contributed by atoms with Gasteiger partial charge in [0, 0.05) is 11.1 Å². The molecular weight excluding hydrogens is 501 g/mol. The number of benzene rings is 3. The van der Waals surface area contributed by atoms with Gasteiger partial charge in [-0.15, -0.1) is 11.8 Å². The first kappa shape index (κ1) is 28.3. The Bertz CT molecular complexity index is 1190. The Kier molecular flexibility index (Phi) is 11.1. The van der Waals surface area contributed by atoms with E-state index >= 15 is 0 Å². The van der Waals surface area contributed by atoms with Crippen LogP contribution >= 0.6 is 11.8 Å². The number of rotatable bonds is 4. The van der Waals surface area contributed by atoms with Crippen molar-refractivity contribution in [2.75, 3.05) is 32.1 Å². The molecule has 0 unspecified atom stereocenters. The van der Waals surface area contributed by atoms with Gasteiger partial charge in [-0.05, 0) is 35.0 Å². The molecule has 0 atom stereocenters. The smallest absolute Gasteiger partial charge is 0.418 e. The Hall–Kier alpha value is -3.24. The number of halogens is 4. The summed E-state index contributed by atoms with van der Waals surface area (Å²) in [5, 5.41) is 0.977. The SMILES string of the molecule is CCSC(=NC(=NC(c1ccccc1)=[N+]1CCOCC1)c1ccccc1)c1ccccc1.F[B-](F)(F)F. The third-order valence-electron chi connectivity index (χ3n) is 5.10. The first-order valence-electron chi connectivity index (χ1n) is 11.9. The van der Waals surface area contributed by atoms with Gasteiger partial charge < -0.3 is 22.0 Å². The third-order valence-corrected chi connectivity index (χ3v) is 5.98. The fraction of sp³-hybridized carbons (Fsp3) is 0.222. The van der Waals surface area contributed by atoms with Gasteiger partial charge in [0.05, 0.1) is 18.8 Å². The summed E-state index contributed by atoms with van der Waals surface area (Å²) in [5.74, 6) is 2.59. The lowest BCUT2D eigenvalue weighted by molar-refractivity contribution is -0.549. The second kappa shape index (κ2) is 14.5. The lowest BCUT2D eigenvalue weighted by Gasteiger charge is -2.15. The Morgan fingerprint density at radius 1 is 0.757 bits per heavy atom. The molecule has 0 N–H and O–H groups in total. The van der Waals surface area contributed by atoms with Crippen LogP contribution in [0, 0.1) is 0 Å². The summed E-state index contributed by atoms with van der Waals surface area (Å²) in [6.07, 6.45) is 0. The molecule has 0 bridgehead atoms. The van der Waals surface area contributed by atoms with Crippen molar-refractivity contribution in [3.8, 4) is 0 Å². The van der Waals surface area contributed by atoms with Crippen LogP contribution in [0.25, 0.3) is 0 Å². The van der Waals surface area contributed by atoms with Crippen molar-refractivity contribution in [1.29, 1.82) is 0 Å². The van der Waals surface area contributed by atoms with Gasteiger partial charge >= 0.3 is 13.1 Å². The number of amidine groups is 2. The van der Waals surface area contributed by atoms with E-state index in [2.05, 4.69) is 72.2 Å². The quantitative estimate of drug-likeness (QED) is 0.129. The molecule has 10 heteroatoms. The van der Waals surface area contributed by atoms with Gasteiger partial charge in [-0.2, -0.15) is 4.99 Å². The van der Waals surface area contributed by atoms with Crippen molar-refractivity contribution in [2.24, 2.45) is 9.98 Å². The zero-order valence-electron chi connectivity index (χ0n) is 20.4. The summed E-state index contributed by atoms with van der Waals surface area (Å²) >= 11 is 1.74. The fourth-order valence-electron chi connectivity index (χ4n) is 3.52. The van der Waals surface area contributed by atoms with E-state index in [-0.39, 0.29) is 0 Å². The summed E-state index contributed by atoms with van der Waals surface area (Å²) in [7, 11) is -6.00. The highest BCUT2D eigenvalue weighted by molar-refractivity contribution is 8.14. The number of nitrogens with zero attached hydrogens (tertiary/aromatic N) is 3. The molecule has 3 aromatic rings. The normalized spacial score (nSPS) is 14.6. The van der Waals surface area contributed by atoms with Crippen molar-refractivity contribution < 1.29 is 26.6 Å². The number of morpholine rings is 1. The average Bonchev–Trinajstić information content (AvgIpc) is 2.91. The van der Waals surface area contributed by atoms with Gasteiger partial charge in [-0.3, -0.25) is 4.58 Å². The molecule has 1 fully saturated rings. The van der Waals surface area contributed by atoms with Gasteiger partial charge in [-0.1, -0.05) is 73.7 Å². The van der Waals surface area contributed by atoms with E-state index in [1.165, 1.54) is 0 Å². The highest BCUT2D eigenvalue weighted by atomic mass is 32.2. The van der Waals surface area contributed by atoms with E-state index in [1.807, 2.05) is 30.3 Å². The molecule has 0 saturated carbocycles. The number of hydrogen-bond donors (Lipinski definition) is 0. The molecule has 1 saturated heterocycles. The molecule has 194 valence electrons. The van der Waals surface area contributed by atoms with E-state index in [0.717, 1.165) is 52.2 Å². The van der Waals surface area contributed by atoms with E-state index in [1.54, 1.807) is 11.8 Å². The second-order valence-electron chi connectivity index (χ2n) is 7.80. The first-order valence-corrected chi connectivity index (χ1v) is 12.9. The third kappa shape index (κ3) is 9.97. The molecule has 3 aromatic carbocycles. The standard InChI is InChI=1S/C27H28N3OS.BF4/c1-2-32-27(24-16-10-5-11-17-24)29-25(22-12-6-3-7-13-22)28-26(23-14-8-4-9-15-23)30-18-20-31-21-19-30;2-1(3,4)5/h3-17H,2,18-21H2,1H3;/q+1;-1. The van der Waals surface area contributed by atoms with Crippen LogP contribution in [-0.4, -0.2) is 60.6 Å². The zero-order chi connectivity index (χ0) is 26.5. The average molecular weight is 529 g/mol. The lowest BCUT2D eigenvalue weighted by Crippen LogP contribution is -2.33. The topological polar surface area (TPSA) is 37.0 Å². The summed E-state index contributed by atoms with van der Waals surface area (Å²) in [4.78, 5) is 10.3. The molecule has 4 rings (SSSR count). The van der Waals surface area contributed by atoms with E-state index in [4.69, 9.17) is 14.7 Å². The Labute approximate surface area is 218 Å². The molecule has 0 radical (unpaired) electrons. The lowest BCUT2D eigenvalue weighted by atomic mass is 10.1. The van der Waals surface area contributed by atoms with Crippen LogP contribution in [0.1, 0.15) is 23.6 Å². The number of aliphatic imine (C=N–C) groups is 2. The molecule has 0 spiro atoms. The maximum Gasteiger partial charge on any atom is 0.673 e. The van der Waals surface area contributed by atoms with Gasteiger partial charge in [-0.25, -0.2) is 0 Å². The molecule has 1 aliphatic heterocycles. The molecule has 1 aliphatic rings. The van der Waals surface area contributed by atoms with Crippen LogP contribution < -0.4 is 0 Å². The van der Waals surface area contributed by atoms with Crippen LogP contribution in [0.2, 0.25) is 0 Å². The predicted molar refractivity (Wildman–Crippen MR) is 146 cm³/mol. The van der Waals surface area contributed by atoms with Crippen LogP contribution in [0.4, 0.5) is 17.3 Å². The van der Waals surface area contributed by atoms with Crippen molar-refractivity contribution >= 4 is 35.7 Å². The monoisotopic (exact) mass is 529 g/mol.